The second kappa shape index (κ2) is 7.56. The summed E-state index contributed by atoms with van der Waals surface area (Å²) in [5.41, 5.74) is 1.82. The molecule has 0 atom stereocenters. The van der Waals surface area contributed by atoms with E-state index in [2.05, 4.69) is 10.3 Å². The number of benzene rings is 1. The molecule has 0 bridgehead atoms. The molecular weight excluding hydrogens is 390 g/mol. The number of carbonyl (C=O) groups excluding carboxylic acids is 2. The summed E-state index contributed by atoms with van der Waals surface area (Å²) in [4.78, 5) is 29.3. The van der Waals surface area contributed by atoms with Crippen LogP contribution < -0.4 is 10.1 Å². The Labute approximate surface area is 170 Å². The molecule has 0 spiro atoms. The van der Waals surface area contributed by atoms with Crippen LogP contribution in [0.1, 0.15) is 23.1 Å². The molecule has 4 aromatic rings. The number of nitrogens with one attached hydrogen (secondary N) is 1. The molecule has 0 fully saturated rings. The number of thiophene rings is 1. The average molecular weight is 409 g/mol. The third-order valence-corrected chi connectivity index (χ3v) is 5.29. The van der Waals surface area contributed by atoms with Crippen LogP contribution in [0.3, 0.4) is 0 Å². The van der Waals surface area contributed by atoms with Gasteiger partial charge in [-0.2, -0.15) is 0 Å². The Kier molecular flexibility index (Phi) is 4.94. The van der Waals surface area contributed by atoms with Crippen molar-refractivity contribution in [3.05, 3.63) is 53.2 Å². The Morgan fingerprint density at radius 2 is 2.03 bits per heavy atom. The Morgan fingerprint density at radius 1 is 1.21 bits per heavy atom. The van der Waals surface area contributed by atoms with E-state index in [1.165, 1.54) is 11.3 Å². The Bertz CT molecular complexity index is 1240. The number of nitrogens with zero attached hydrogens (tertiary/aromatic N) is 2. The highest BCUT2D eigenvalue weighted by molar-refractivity contribution is 7.16. The first-order chi connectivity index (χ1) is 14.0. The molecule has 0 unspecified atom stereocenters. The van der Waals surface area contributed by atoms with E-state index in [-0.39, 0.29) is 18.3 Å². The molecule has 0 saturated heterocycles. The molecular formula is C21H19N3O4S. The van der Waals surface area contributed by atoms with Gasteiger partial charge in [0.25, 0.3) is 0 Å². The van der Waals surface area contributed by atoms with Gasteiger partial charge in [-0.1, -0.05) is 0 Å². The highest BCUT2D eigenvalue weighted by Gasteiger charge is 2.16. The van der Waals surface area contributed by atoms with Crippen molar-refractivity contribution in [2.75, 3.05) is 13.7 Å². The smallest absolute Gasteiger partial charge is 0.357 e. The number of pyridine rings is 1. The predicted octanol–water partition coefficient (Wildman–Crippen LogP) is 4.72. The summed E-state index contributed by atoms with van der Waals surface area (Å²) in [7, 11) is 1.60. The minimum absolute atomic E-state index is 0.195. The molecule has 3 heterocycles. The third kappa shape index (κ3) is 3.42. The molecule has 0 aliphatic carbocycles. The van der Waals surface area contributed by atoms with Crippen LogP contribution in [0.15, 0.2) is 41.8 Å². The van der Waals surface area contributed by atoms with Crippen LogP contribution in [-0.4, -0.2) is 35.2 Å². The summed E-state index contributed by atoms with van der Waals surface area (Å²) in [6.07, 6.45) is 0. The van der Waals surface area contributed by atoms with Crippen molar-refractivity contribution >= 4 is 44.5 Å². The van der Waals surface area contributed by atoms with Gasteiger partial charge in [-0.15, -0.1) is 11.3 Å². The van der Waals surface area contributed by atoms with Crippen LogP contribution >= 0.6 is 11.3 Å². The fourth-order valence-electron chi connectivity index (χ4n) is 3.22. The van der Waals surface area contributed by atoms with Gasteiger partial charge in [0.1, 0.15) is 16.3 Å². The van der Waals surface area contributed by atoms with E-state index in [0.29, 0.717) is 16.3 Å². The first-order valence-electron chi connectivity index (χ1n) is 9.09. The van der Waals surface area contributed by atoms with Crippen molar-refractivity contribution in [1.29, 1.82) is 0 Å². The van der Waals surface area contributed by atoms with Crippen molar-refractivity contribution in [3.8, 4) is 11.5 Å². The number of ether oxygens (including phenoxy) is 2. The number of rotatable bonds is 4. The molecule has 1 amide bonds. The van der Waals surface area contributed by atoms with Crippen LogP contribution in [-0.2, 0) is 4.74 Å². The van der Waals surface area contributed by atoms with Crippen LogP contribution in [0.4, 0.5) is 4.79 Å². The van der Waals surface area contributed by atoms with E-state index in [9.17, 15) is 9.59 Å². The van der Waals surface area contributed by atoms with E-state index >= 15 is 0 Å². The van der Waals surface area contributed by atoms with Gasteiger partial charge in [0.05, 0.1) is 17.5 Å². The number of hydrogen-bond acceptors (Lipinski definition) is 6. The third-order valence-electron chi connectivity index (χ3n) is 4.49. The Morgan fingerprint density at radius 3 is 2.79 bits per heavy atom. The zero-order chi connectivity index (χ0) is 20.5. The van der Waals surface area contributed by atoms with Gasteiger partial charge in [0.2, 0.25) is 0 Å². The number of hydrogen-bond donors (Lipinski definition) is 1. The Hall–Kier alpha value is -3.39. The molecule has 0 aliphatic heterocycles. The Balaban J connectivity index is 1.75. The van der Waals surface area contributed by atoms with Crippen LogP contribution in [0, 0.1) is 6.92 Å². The number of fused-ring (bicyclic) bond motifs is 2. The highest BCUT2D eigenvalue weighted by atomic mass is 32.1. The van der Waals surface area contributed by atoms with Crippen molar-refractivity contribution < 1.29 is 19.1 Å². The maximum absolute atomic E-state index is 12.1. The second-order valence-electron chi connectivity index (χ2n) is 6.36. The molecule has 7 nitrogen and oxygen atoms in total. The monoisotopic (exact) mass is 409 g/mol. The zero-order valence-corrected chi connectivity index (χ0v) is 17.0. The van der Waals surface area contributed by atoms with E-state index in [1.807, 2.05) is 36.6 Å². The average Bonchev–Trinajstić information content (AvgIpc) is 3.30. The van der Waals surface area contributed by atoms with Crippen molar-refractivity contribution in [2.24, 2.45) is 0 Å². The lowest BCUT2D eigenvalue weighted by atomic mass is 10.2. The summed E-state index contributed by atoms with van der Waals surface area (Å²) >= 11 is 1.43. The first-order valence-corrected chi connectivity index (χ1v) is 9.97. The topological polar surface area (TPSA) is 82.5 Å². The summed E-state index contributed by atoms with van der Waals surface area (Å²) in [5.74, 6) is 0.641. The minimum atomic E-state index is -0.485. The van der Waals surface area contributed by atoms with Crippen molar-refractivity contribution in [3.63, 3.8) is 0 Å². The van der Waals surface area contributed by atoms with E-state index in [0.717, 1.165) is 22.0 Å². The predicted molar refractivity (Wildman–Crippen MR) is 112 cm³/mol. The zero-order valence-electron chi connectivity index (χ0n) is 16.2. The van der Waals surface area contributed by atoms with Gasteiger partial charge in [-0.3, -0.25) is 4.57 Å². The van der Waals surface area contributed by atoms with Gasteiger partial charge in [-0.05, 0) is 49.6 Å². The van der Waals surface area contributed by atoms with Gasteiger partial charge in [-0.25, -0.2) is 14.6 Å². The lowest BCUT2D eigenvalue weighted by molar-refractivity contribution is 0.0519. The summed E-state index contributed by atoms with van der Waals surface area (Å²) in [5, 5.41) is 6.24. The normalized spacial score (nSPS) is 11.0. The summed E-state index contributed by atoms with van der Waals surface area (Å²) in [6, 6.07) is 10.7. The summed E-state index contributed by atoms with van der Waals surface area (Å²) in [6.45, 7) is 3.90. The standard InChI is InChI=1S/C21H19N3O4S/c1-4-27-20(25)16-11-18(15-7-8-29-19(15)23-16)28-14-5-6-17-13(10-14)9-12(2)24(17)21(26)22-3/h5-11H,4H2,1-3H3,(H,22,26). The van der Waals surface area contributed by atoms with Gasteiger partial charge < -0.3 is 14.8 Å². The number of esters is 1. The fraction of sp³-hybridized carbons (Fsp3) is 0.190. The molecule has 29 heavy (non-hydrogen) atoms. The lowest BCUT2D eigenvalue weighted by Gasteiger charge is -2.10. The number of aryl methyl sites for hydroxylation is 1. The molecule has 148 valence electrons. The van der Waals surface area contributed by atoms with Gasteiger partial charge in [0.15, 0.2) is 5.69 Å². The second-order valence-corrected chi connectivity index (χ2v) is 7.26. The molecule has 0 radical (unpaired) electrons. The lowest BCUT2D eigenvalue weighted by Crippen LogP contribution is -2.25. The van der Waals surface area contributed by atoms with E-state index < -0.39 is 5.97 Å². The molecule has 1 aromatic carbocycles. The maximum Gasteiger partial charge on any atom is 0.357 e. The van der Waals surface area contributed by atoms with E-state index in [1.54, 1.807) is 30.7 Å². The molecule has 8 heteroatoms. The van der Waals surface area contributed by atoms with Crippen molar-refractivity contribution in [1.82, 2.24) is 14.9 Å². The molecule has 0 aliphatic rings. The molecule has 0 saturated carbocycles. The largest absolute Gasteiger partial charge is 0.461 e. The van der Waals surface area contributed by atoms with Gasteiger partial charge in [0, 0.05) is 24.2 Å². The van der Waals surface area contributed by atoms with Gasteiger partial charge >= 0.3 is 12.0 Å². The molecule has 1 N–H and O–H groups in total. The molecule has 4 rings (SSSR count). The first kappa shape index (κ1) is 18.9. The van der Waals surface area contributed by atoms with Crippen LogP contribution in [0.25, 0.3) is 21.1 Å². The fourth-order valence-corrected chi connectivity index (χ4v) is 4.00. The quantitative estimate of drug-likeness (QED) is 0.493. The van der Waals surface area contributed by atoms with Crippen LogP contribution in [0.5, 0.6) is 11.5 Å². The summed E-state index contributed by atoms with van der Waals surface area (Å²) < 4.78 is 12.8. The SMILES string of the molecule is CCOC(=O)c1cc(Oc2ccc3c(c2)cc(C)n3C(=O)NC)c2ccsc2n1. The van der Waals surface area contributed by atoms with Crippen molar-refractivity contribution in [2.45, 2.75) is 13.8 Å². The minimum Gasteiger partial charge on any atom is -0.461 e. The number of carbonyl (C=O) groups is 2. The van der Waals surface area contributed by atoms with E-state index in [4.69, 9.17) is 9.47 Å². The number of amides is 1. The molecule has 3 aromatic heterocycles. The maximum atomic E-state index is 12.1. The number of aromatic nitrogens is 2. The highest BCUT2D eigenvalue weighted by Crippen LogP contribution is 2.34. The van der Waals surface area contributed by atoms with Crippen LogP contribution in [0.2, 0.25) is 0 Å².